The van der Waals surface area contributed by atoms with Crippen molar-refractivity contribution in [1.82, 2.24) is 0 Å². The van der Waals surface area contributed by atoms with Gasteiger partial charge in [-0.15, -0.1) is 0 Å². The maximum Gasteiger partial charge on any atom is 0.174 e. The Labute approximate surface area is 143 Å². The van der Waals surface area contributed by atoms with Crippen molar-refractivity contribution in [1.29, 1.82) is 0 Å². The number of phenols is 1. The number of hydrogen-bond acceptors (Lipinski definition) is 4. The van der Waals surface area contributed by atoms with Crippen molar-refractivity contribution in [2.45, 2.75) is 13.8 Å². The van der Waals surface area contributed by atoms with Crippen molar-refractivity contribution >= 4 is 34.5 Å². The molecular formula is C17H18INO3. The van der Waals surface area contributed by atoms with E-state index in [0.29, 0.717) is 24.7 Å². The van der Waals surface area contributed by atoms with Gasteiger partial charge < -0.3 is 14.6 Å². The minimum absolute atomic E-state index is 0.157. The van der Waals surface area contributed by atoms with Gasteiger partial charge in [-0.2, -0.15) is 0 Å². The molecule has 1 N–H and O–H groups in total. The summed E-state index contributed by atoms with van der Waals surface area (Å²) < 4.78 is 12.2. The number of halogens is 1. The Hall–Kier alpha value is -1.76. The molecular weight excluding hydrogens is 393 g/mol. The highest BCUT2D eigenvalue weighted by atomic mass is 127. The van der Waals surface area contributed by atoms with E-state index >= 15 is 0 Å². The van der Waals surface area contributed by atoms with Gasteiger partial charge in [0.2, 0.25) is 0 Å². The second-order valence-electron chi connectivity index (χ2n) is 4.44. The first-order chi connectivity index (χ1) is 10.7. The lowest BCUT2D eigenvalue weighted by Crippen LogP contribution is -2.01. The summed E-state index contributed by atoms with van der Waals surface area (Å²) in [6, 6.07) is 10.8. The molecule has 0 saturated heterocycles. The van der Waals surface area contributed by atoms with Gasteiger partial charge in [-0.3, -0.25) is 4.99 Å². The second kappa shape index (κ2) is 8.03. The zero-order valence-corrected chi connectivity index (χ0v) is 14.7. The number of aromatic hydroxyl groups is 1. The van der Waals surface area contributed by atoms with Gasteiger partial charge in [0, 0.05) is 6.21 Å². The predicted octanol–water partition coefficient (Wildman–Crippen LogP) is 4.54. The summed E-state index contributed by atoms with van der Waals surface area (Å²) in [5.41, 5.74) is 1.42. The van der Waals surface area contributed by atoms with E-state index < -0.39 is 0 Å². The standard InChI is InChI=1S/C17H18INO3/c1-3-21-16-10-12(9-13(18)17(16)22-4-2)11-19-14-7-5-6-8-15(14)20/h5-11,20H,3-4H2,1-2H3. The Morgan fingerprint density at radius 1 is 1.14 bits per heavy atom. The average Bonchev–Trinajstić information content (AvgIpc) is 2.50. The number of phenolic OH excluding ortho intramolecular Hbond substituents is 1. The van der Waals surface area contributed by atoms with Crippen molar-refractivity contribution < 1.29 is 14.6 Å². The third kappa shape index (κ3) is 4.13. The number of nitrogens with zero attached hydrogens (tertiary/aromatic N) is 1. The zero-order valence-electron chi connectivity index (χ0n) is 12.5. The van der Waals surface area contributed by atoms with Crippen LogP contribution in [-0.4, -0.2) is 24.5 Å². The van der Waals surface area contributed by atoms with Gasteiger partial charge in [0.15, 0.2) is 11.5 Å². The number of para-hydroxylation sites is 2. The molecule has 0 radical (unpaired) electrons. The number of benzene rings is 2. The molecule has 4 nitrogen and oxygen atoms in total. The summed E-state index contributed by atoms with van der Waals surface area (Å²) in [5, 5.41) is 9.74. The molecule has 116 valence electrons. The van der Waals surface area contributed by atoms with Crippen LogP contribution in [-0.2, 0) is 0 Å². The largest absolute Gasteiger partial charge is 0.506 e. The number of hydrogen-bond donors (Lipinski definition) is 1. The maximum atomic E-state index is 9.74. The van der Waals surface area contributed by atoms with Crippen LogP contribution in [0.15, 0.2) is 41.4 Å². The molecule has 0 atom stereocenters. The molecule has 0 aliphatic rings. The van der Waals surface area contributed by atoms with Crippen molar-refractivity contribution in [2.24, 2.45) is 4.99 Å². The fraction of sp³-hybridized carbons (Fsp3) is 0.235. The molecule has 0 bridgehead atoms. The summed E-state index contributed by atoms with van der Waals surface area (Å²) in [4.78, 5) is 4.32. The molecule has 2 aromatic rings. The van der Waals surface area contributed by atoms with Crippen LogP contribution in [0.2, 0.25) is 0 Å². The van der Waals surface area contributed by atoms with Crippen LogP contribution in [0, 0.1) is 3.57 Å². The normalized spacial score (nSPS) is 10.9. The van der Waals surface area contributed by atoms with Gasteiger partial charge in [0.25, 0.3) is 0 Å². The van der Waals surface area contributed by atoms with Crippen LogP contribution in [0.25, 0.3) is 0 Å². The second-order valence-corrected chi connectivity index (χ2v) is 5.61. The molecule has 0 saturated carbocycles. The molecule has 22 heavy (non-hydrogen) atoms. The molecule has 2 rings (SSSR count). The van der Waals surface area contributed by atoms with E-state index in [-0.39, 0.29) is 5.75 Å². The molecule has 0 spiro atoms. The summed E-state index contributed by atoms with van der Waals surface area (Å²) in [6.07, 6.45) is 1.70. The Bertz CT molecular complexity index is 671. The molecule has 0 aliphatic carbocycles. The molecule has 0 fully saturated rings. The van der Waals surface area contributed by atoms with Crippen LogP contribution in [0.3, 0.4) is 0 Å². The van der Waals surface area contributed by atoms with E-state index in [1.54, 1.807) is 24.4 Å². The molecule has 0 amide bonds. The fourth-order valence-corrected chi connectivity index (χ4v) is 2.71. The Morgan fingerprint density at radius 3 is 2.55 bits per heavy atom. The number of rotatable bonds is 6. The minimum atomic E-state index is 0.157. The maximum absolute atomic E-state index is 9.74. The van der Waals surface area contributed by atoms with Crippen molar-refractivity contribution in [3.8, 4) is 17.2 Å². The quantitative estimate of drug-likeness (QED) is 0.561. The summed E-state index contributed by atoms with van der Waals surface area (Å²) in [5.74, 6) is 1.61. The van der Waals surface area contributed by atoms with E-state index in [1.807, 2.05) is 32.0 Å². The lowest BCUT2D eigenvalue weighted by Gasteiger charge is -2.13. The van der Waals surface area contributed by atoms with Crippen molar-refractivity contribution in [2.75, 3.05) is 13.2 Å². The lowest BCUT2D eigenvalue weighted by atomic mass is 10.2. The molecule has 0 aliphatic heterocycles. The summed E-state index contributed by atoms with van der Waals surface area (Å²) in [7, 11) is 0. The van der Waals surface area contributed by atoms with Gasteiger partial charge >= 0.3 is 0 Å². The van der Waals surface area contributed by atoms with Gasteiger partial charge in [-0.1, -0.05) is 12.1 Å². The van der Waals surface area contributed by atoms with E-state index in [2.05, 4.69) is 27.6 Å². The third-order valence-corrected chi connectivity index (χ3v) is 3.66. The van der Waals surface area contributed by atoms with Gasteiger partial charge in [0.1, 0.15) is 11.4 Å². The first-order valence-electron chi connectivity index (χ1n) is 7.06. The highest BCUT2D eigenvalue weighted by Crippen LogP contribution is 2.34. The van der Waals surface area contributed by atoms with Crippen LogP contribution in [0.1, 0.15) is 19.4 Å². The van der Waals surface area contributed by atoms with Crippen molar-refractivity contribution in [3.63, 3.8) is 0 Å². The van der Waals surface area contributed by atoms with Crippen molar-refractivity contribution in [3.05, 3.63) is 45.5 Å². The average molecular weight is 411 g/mol. The Kier molecular flexibility index (Phi) is 6.06. The highest BCUT2D eigenvalue weighted by Gasteiger charge is 2.11. The molecule has 2 aromatic carbocycles. The van der Waals surface area contributed by atoms with Crippen LogP contribution in [0.4, 0.5) is 5.69 Å². The molecule has 0 aromatic heterocycles. The topological polar surface area (TPSA) is 51.0 Å². The lowest BCUT2D eigenvalue weighted by molar-refractivity contribution is 0.286. The Balaban J connectivity index is 2.34. The Morgan fingerprint density at radius 2 is 1.86 bits per heavy atom. The predicted molar refractivity (Wildman–Crippen MR) is 96.9 cm³/mol. The highest BCUT2D eigenvalue weighted by molar-refractivity contribution is 14.1. The molecule has 0 unspecified atom stereocenters. The van der Waals surface area contributed by atoms with E-state index in [0.717, 1.165) is 14.9 Å². The van der Waals surface area contributed by atoms with Gasteiger partial charge in [-0.05, 0) is 66.3 Å². The van der Waals surface area contributed by atoms with E-state index in [9.17, 15) is 5.11 Å². The van der Waals surface area contributed by atoms with Gasteiger partial charge in [0.05, 0.1) is 16.8 Å². The molecule has 0 heterocycles. The fourth-order valence-electron chi connectivity index (χ4n) is 1.93. The number of ether oxygens (including phenoxy) is 2. The van der Waals surface area contributed by atoms with E-state index in [4.69, 9.17) is 9.47 Å². The summed E-state index contributed by atoms with van der Waals surface area (Å²) >= 11 is 2.22. The smallest absolute Gasteiger partial charge is 0.174 e. The SMILES string of the molecule is CCOc1cc(C=Nc2ccccc2O)cc(I)c1OCC. The van der Waals surface area contributed by atoms with Crippen LogP contribution < -0.4 is 9.47 Å². The minimum Gasteiger partial charge on any atom is -0.506 e. The first-order valence-corrected chi connectivity index (χ1v) is 8.14. The third-order valence-electron chi connectivity index (χ3n) is 2.85. The van der Waals surface area contributed by atoms with Gasteiger partial charge in [-0.25, -0.2) is 0 Å². The van der Waals surface area contributed by atoms with Crippen LogP contribution in [0.5, 0.6) is 17.2 Å². The first kappa shape index (κ1) is 16.6. The zero-order chi connectivity index (χ0) is 15.9. The number of aliphatic imine (C=N–C) groups is 1. The summed E-state index contributed by atoms with van der Waals surface area (Å²) in [6.45, 7) is 5.03. The van der Waals surface area contributed by atoms with Crippen LogP contribution >= 0.6 is 22.6 Å². The van der Waals surface area contributed by atoms with E-state index in [1.165, 1.54) is 0 Å². The molecule has 5 heteroatoms. The monoisotopic (exact) mass is 411 g/mol.